The van der Waals surface area contributed by atoms with Crippen LogP contribution in [-0.4, -0.2) is 57.0 Å². The van der Waals surface area contributed by atoms with Crippen LogP contribution in [0, 0.1) is 11.3 Å². The molecule has 3 aromatic heterocycles. The lowest BCUT2D eigenvalue weighted by Crippen LogP contribution is -2.44. The van der Waals surface area contributed by atoms with E-state index in [9.17, 15) is 4.79 Å². The van der Waals surface area contributed by atoms with Crippen LogP contribution in [0.25, 0.3) is 11.5 Å². The average Bonchev–Trinajstić information content (AvgIpc) is 3.42. The van der Waals surface area contributed by atoms with E-state index in [0.717, 1.165) is 5.56 Å². The molecule has 0 aliphatic carbocycles. The quantitative estimate of drug-likeness (QED) is 0.683. The Balaban J connectivity index is 1.47. The Kier molecular flexibility index (Phi) is 5.16. The molecule has 144 valence electrons. The number of nitrogens with zero attached hydrogens (tertiary/aromatic N) is 6. The van der Waals surface area contributed by atoms with Crippen molar-refractivity contribution in [2.24, 2.45) is 7.05 Å². The Hall–Kier alpha value is -3.07. The van der Waals surface area contributed by atoms with Crippen LogP contribution < -0.4 is 5.32 Å². The van der Waals surface area contributed by atoms with E-state index in [4.69, 9.17) is 14.5 Å². The van der Waals surface area contributed by atoms with Crippen LogP contribution in [-0.2, 0) is 16.6 Å². The molecule has 1 fully saturated rings. The first-order valence-corrected chi connectivity index (χ1v) is 9.44. The highest BCUT2D eigenvalue weighted by Crippen LogP contribution is 2.26. The maximum absolute atomic E-state index is 12.5. The highest BCUT2D eigenvalue weighted by molar-refractivity contribution is 7.14. The van der Waals surface area contributed by atoms with Gasteiger partial charge in [0.25, 0.3) is 5.89 Å². The molecule has 1 amide bonds. The Morgan fingerprint density at radius 2 is 2.43 bits per heavy atom. The summed E-state index contributed by atoms with van der Waals surface area (Å²) >= 11 is 1.32. The molecule has 1 aliphatic rings. The van der Waals surface area contributed by atoms with Gasteiger partial charge in [-0.2, -0.15) is 15.3 Å². The fourth-order valence-corrected chi connectivity index (χ4v) is 3.68. The number of hydrogen-bond acceptors (Lipinski definition) is 9. The first kappa shape index (κ1) is 18.3. The Morgan fingerprint density at radius 3 is 3.21 bits per heavy atom. The summed E-state index contributed by atoms with van der Waals surface area (Å²) in [5, 5.41) is 22.4. The highest BCUT2D eigenvalue weighted by Gasteiger charge is 2.30. The lowest BCUT2D eigenvalue weighted by Gasteiger charge is -2.32. The highest BCUT2D eigenvalue weighted by atomic mass is 32.1. The third-order valence-electron chi connectivity index (χ3n) is 4.32. The second kappa shape index (κ2) is 7.89. The number of morpholine rings is 1. The summed E-state index contributed by atoms with van der Waals surface area (Å²) < 4.78 is 12.6. The molecular formula is C17H17N7O3S. The first-order valence-electron chi connectivity index (χ1n) is 8.56. The van der Waals surface area contributed by atoms with Gasteiger partial charge in [-0.05, 0) is 11.4 Å². The SMILES string of the molecule is Cn1cc(-c2nc(C3COCCN3CC(=O)Nc3sccc3C#N)no2)cn1. The van der Waals surface area contributed by atoms with Gasteiger partial charge < -0.3 is 14.6 Å². The van der Waals surface area contributed by atoms with E-state index in [-0.39, 0.29) is 18.5 Å². The minimum Gasteiger partial charge on any atom is -0.378 e. The first-order chi connectivity index (χ1) is 13.6. The molecule has 1 saturated heterocycles. The van der Waals surface area contributed by atoms with Crippen LogP contribution in [0.2, 0.25) is 0 Å². The van der Waals surface area contributed by atoms with Crippen LogP contribution in [0.4, 0.5) is 5.00 Å². The van der Waals surface area contributed by atoms with Crippen molar-refractivity contribution in [1.29, 1.82) is 5.26 Å². The molecule has 1 N–H and O–H groups in total. The van der Waals surface area contributed by atoms with E-state index >= 15 is 0 Å². The van der Waals surface area contributed by atoms with Crippen molar-refractivity contribution < 1.29 is 14.1 Å². The second-order valence-electron chi connectivity index (χ2n) is 6.24. The maximum atomic E-state index is 12.5. The minimum atomic E-state index is -0.299. The number of anilines is 1. The molecule has 10 nitrogen and oxygen atoms in total. The molecule has 0 spiro atoms. The molecular weight excluding hydrogens is 382 g/mol. The number of rotatable bonds is 5. The zero-order valence-electron chi connectivity index (χ0n) is 15.0. The van der Waals surface area contributed by atoms with E-state index in [1.54, 1.807) is 35.6 Å². The number of ether oxygens (including phenoxy) is 1. The molecule has 11 heteroatoms. The zero-order chi connectivity index (χ0) is 19.5. The summed E-state index contributed by atoms with van der Waals surface area (Å²) in [4.78, 5) is 18.9. The predicted octanol–water partition coefficient (Wildman–Crippen LogP) is 1.42. The molecule has 0 bridgehead atoms. The number of thiophene rings is 1. The van der Waals surface area contributed by atoms with E-state index < -0.39 is 0 Å². The number of amides is 1. The largest absolute Gasteiger partial charge is 0.378 e. The van der Waals surface area contributed by atoms with Crippen molar-refractivity contribution in [3.05, 3.63) is 35.2 Å². The third kappa shape index (κ3) is 3.79. The maximum Gasteiger partial charge on any atom is 0.261 e. The molecule has 4 rings (SSSR count). The molecule has 0 aromatic carbocycles. The normalized spacial score (nSPS) is 17.4. The van der Waals surface area contributed by atoms with Crippen molar-refractivity contribution in [2.75, 3.05) is 31.6 Å². The summed E-state index contributed by atoms with van der Waals surface area (Å²) in [6.07, 6.45) is 3.43. The Bertz CT molecular complexity index is 1020. The smallest absolute Gasteiger partial charge is 0.261 e. The number of hydrogen-bond donors (Lipinski definition) is 1. The number of nitriles is 1. The number of aryl methyl sites for hydroxylation is 1. The van der Waals surface area contributed by atoms with Gasteiger partial charge in [0.1, 0.15) is 11.1 Å². The van der Waals surface area contributed by atoms with Crippen LogP contribution in [0.15, 0.2) is 28.4 Å². The summed E-state index contributed by atoms with van der Waals surface area (Å²) in [6.45, 7) is 1.57. The summed E-state index contributed by atoms with van der Waals surface area (Å²) in [5.41, 5.74) is 1.18. The molecule has 4 heterocycles. The molecule has 1 atom stereocenters. The van der Waals surface area contributed by atoms with Crippen molar-refractivity contribution in [1.82, 2.24) is 24.8 Å². The van der Waals surface area contributed by atoms with Crippen molar-refractivity contribution in [3.8, 4) is 17.5 Å². The van der Waals surface area contributed by atoms with Crippen molar-refractivity contribution in [2.45, 2.75) is 6.04 Å². The Morgan fingerprint density at radius 1 is 1.54 bits per heavy atom. The number of aromatic nitrogens is 4. The molecule has 1 unspecified atom stereocenters. The van der Waals surface area contributed by atoms with Crippen LogP contribution in [0.5, 0.6) is 0 Å². The zero-order valence-corrected chi connectivity index (χ0v) is 15.8. The molecule has 0 radical (unpaired) electrons. The number of nitrogens with one attached hydrogen (secondary N) is 1. The Labute approximate surface area is 164 Å². The van der Waals surface area contributed by atoms with Gasteiger partial charge in [0.2, 0.25) is 5.91 Å². The second-order valence-corrected chi connectivity index (χ2v) is 7.16. The number of carbonyl (C=O) groups is 1. The van der Waals surface area contributed by atoms with Crippen LogP contribution >= 0.6 is 11.3 Å². The van der Waals surface area contributed by atoms with Crippen LogP contribution in [0.3, 0.4) is 0 Å². The molecule has 3 aromatic rings. The van der Waals surface area contributed by atoms with E-state index in [1.165, 1.54) is 11.3 Å². The van der Waals surface area contributed by atoms with E-state index in [1.807, 2.05) is 4.90 Å². The fourth-order valence-electron chi connectivity index (χ4n) is 2.93. The molecule has 0 saturated carbocycles. The standard InChI is InChI=1S/C17H17N7O3S/c1-23-8-12(7-19-23)16-21-15(22-27-16)13-10-26-4-3-24(13)9-14(25)20-17-11(6-18)2-5-28-17/h2,5,7-8,13H,3-4,9-10H2,1H3,(H,20,25). The van der Waals surface area contributed by atoms with Crippen molar-refractivity contribution in [3.63, 3.8) is 0 Å². The predicted molar refractivity (Wildman–Crippen MR) is 99.3 cm³/mol. The molecule has 28 heavy (non-hydrogen) atoms. The van der Waals surface area contributed by atoms with Gasteiger partial charge in [-0.1, -0.05) is 5.16 Å². The summed E-state index contributed by atoms with van der Waals surface area (Å²) in [5.74, 6) is 0.623. The van der Waals surface area contributed by atoms with Gasteiger partial charge >= 0.3 is 0 Å². The summed E-state index contributed by atoms with van der Waals surface area (Å²) in [7, 11) is 1.81. The summed E-state index contributed by atoms with van der Waals surface area (Å²) in [6, 6.07) is 3.44. The third-order valence-corrected chi connectivity index (χ3v) is 5.15. The van der Waals surface area contributed by atoms with Gasteiger partial charge in [-0.15, -0.1) is 11.3 Å². The van der Waals surface area contributed by atoms with E-state index in [2.05, 4.69) is 26.6 Å². The van der Waals surface area contributed by atoms with Crippen LogP contribution in [0.1, 0.15) is 17.4 Å². The average molecular weight is 399 g/mol. The molecule has 1 aliphatic heterocycles. The van der Waals surface area contributed by atoms with Crippen molar-refractivity contribution >= 4 is 22.2 Å². The van der Waals surface area contributed by atoms with Gasteiger partial charge in [-0.25, -0.2) is 0 Å². The van der Waals surface area contributed by atoms with Gasteiger partial charge in [-0.3, -0.25) is 14.4 Å². The lowest BCUT2D eigenvalue weighted by atomic mass is 10.2. The lowest BCUT2D eigenvalue weighted by molar-refractivity contribution is -0.119. The van der Waals surface area contributed by atoms with Gasteiger partial charge in [0, 0.05) is 19.8 Å². The van der Waals surface area contributed by atoms with Gasteiger partial charge in [0.15, 0.2) is 5.82 Å². The topological polar surface area (TPSA) is 122 Å². The monoisotopic (exact) mass is 399 g/mol. The van der Waals surface area contributed by atoms with Gasteiger partial charge in [0.05, 0.1) is 43.1 Å². The fraction of sp³-hybridized carbons (Fsp3) is 0.353. The number of carbonyl (C=O) groups excluding carboxylic acids is 1. The van der Waals surface area contributed by atoms with E-state index in [0.29, 0.717) is 42.0 Å². The minimum absolute atomic E-state index is 0.133.